The summed E-state index contributed by atoms with van der Waals surface area (Å²) in [6, 6.07) is 8.26. The SMILES string of the molecule is Cc1ccc(C)n1-c1nc2ccc(NCCN(C)C)nc2s1. The van der Waals surface area contributed by atoms with Gasteiger partial charge in [0.1, 0.15) is 16.2 Å². The van der Waals surface area contributed by atoms with Crippen molar-refractivity contribution in [3.63, 3.8) is 0 Å². The molecule has 0 unspecified atom stereocenters. The Bertz CT molecular complexity index is 768. The number of hydrogen-bond acceptors (Lipinski definition) is 5. The number of aryl methyl sites for hydroxylation is 2. The number of thiazole rings is 1. The molecule has 0 aliphatic carbocycles. The first-order valence-electron chi connectivity index (χ1n) is 7.36. The molecule has 0 fully saturated rings. The monoisotopic (exact) mass is 315 g/mol. The van der Waals surface area contributed by atoms with E-state index in [9.17, 15) is 0 Å². The average molecular weight is 315 g/mol. The lowest BCUT2D eigenvalue weighted by atomic mass is 10.4. The van der Waals surface area contributed by atoms with Crippen molar-refractivity contribution >= 4 is 27.5 Å². The molecule has 1 N–H and O–H groups in total. The second kappa shape index (κ2) is 6.06. The van der Waals surface area contributed by atoms with Crippen LogP contribution < -0.4 is 5.32 Å². The van der Waals surface area contributed by atoms with Gasteiger partial charge < -0.3 is 10.2 Å². The summed E-state index contributed by atoms with van der Waals surface area (Å²) in [7, 11) is 4.13. The standard InChI is InChI=1S/C16H21N5S/c1-11-5-6-12(2)21(11)16-18-13-7-8-14(19-15(13)22-16)17-9-10-20(3)4/h5-8H,9-10H2,1-4H3,(H,17,19). The summed E-state index contributed by atoms with van der Waals surface area (Å²) in [6.07, 6.45) is 0. The molecule has 0 atom stereocenters. The topological polar surface area (TPSA) is 46.0 Å². The normalized spacial score (nSPS) is 11.5. The van der Waals surface area contributed by atoms with Crippen molar-refractivity contribution in [1.29, 1.82) is 0 Å². The third kappa shape index (κ3) is 2.98. The van der Waals surface area contributed by atoms with Crippen LogP contribution >= 0.6 is 11.3 Å². The van der Waals surface area contributed by atoms with Crippen LogP contribution in [0.3, 0.4) is 0 Å². The van der Waals surface area contributed by atoms with Crippen LogP contribution in [-0.2, 0) is 0 Å². The van der Waals surface area contributed by atoms with E-state index in [1.54, 1.807) is 11.3 Å². The van der Waals surface area contributed by atoms with Crippen molar-refractivity contribution in [2.45, 2.75) is 13.8 Å². The quantitative estimate of drug-likeness (QED) is 0.786. The number of pyridine rings is 1. The second-order valence-electron chi connectivity index (χ2n) is 5.70. The smallest absolute Gasteiger partial charge is 0.196 e. The third-order valence-corrected chi connectivity index (χ3v) is 4.52. The molecule has 22 heavy (non-hydrogen) atoms. The van der Waals surface area contributed by atoms with Gasteiger partial charge in [-0.15, -0.1) is 0 Å². The van der Waals surface area contributed by atoms with Gasteiger partial charge >= 0.3 is 0 Å². The van der Waals surface area contributed by atoms with Crippen LogP contribution in [0.5, 0.6) is 0 Å². The number of anilines is 1. The number of nitrogens with one attached hydrogen (secondary N) is 1. The molecule has 6 heteroatoms. The van der Waals surface area contributed by atoms with Crippen LogP contribution in [0, 0.1) is 13.8 Å². The molecule has 0 saturated carbocycles. The van der Waals surface area contributed by atoms with Crippen molar-refractivity contribution in [2.24, 2.45) is 0 Å². The fourth-order valence-electron chi connectivity index (χ4n) is 2.38. The minimum atomic E-state index is 0.882. The van der Waals surface area contributed by atoms with E-state index in [1.807, 2.05) is 12.1 Å². The predicted octanol–water partition coefficient (Wildman–Crippen LogP) is 3.07. The first-order chi connectivity index (χ1) is 10.5. The van der Waals surface area contributed by atoms with Gasteiger partial charge in [0.25, 0.3) is 0 Å². The zero-order valence-corrected chi connectivity index (χ0v) is 14.2. The van der Waals surface area contributed by atoms with Crippen molar-refractivity contribution < 1.29 is 0 Å². The van der Waals surface area contributed by atoms with Gasteiger partial charge in [0.2, 0.25) is 0 Å². The molecule has 0 amide bonds. The highest BCUT2D eigenvalue weighted by Crippen LogP contribution is 2.27. The van der Waals surface area contributed by atoms with Crippen molar-refractivity contribution in [2.75, 3.05) is 32.5 Å². The van der Waals surface area contributed by atoms with Gasteiger partial charge in [0.15, 0.2) is 5.13 Å². The Morgan fingerprint density at radius 1 is 1.09 bits per heavy atom. The Kier molecular flexibility index (Phi) is 4.13. The Morgan fingerprint density at radius 3 is 2.50 bits per heavy atom. The molecule has 0 spiro atoms. The highest BCUT2D eigenvalue weighted by Gasteiger charge is 2.11. The van der Waals surface area contributed by atoms with E-state index < -0.39 is 0 Å². The van der Waals surface area contributed by atoms with E-state index in [-0.39, 0.29) is 0 Å². The van der Waals surface area contributed by atoms with Gasteiger partial charge in [-0.25, -0.2) is 9.97 Å². The van der Waals surface area contributed by atoms with E-state index in [2.05, 4.69) is 59.8 Å². The molecular weight excluding hydrogens is 294 g/mol. The van der Waals surface area contributed by atoms with Crippen molar-refractivity contribution in [3.8, 4) is 5.13 Å². The van der Waals surface area contributed by atoms with Gasteiger partial charge in [-0.2, -0.15) is 0 Å². The summed E-state index contributed by atoms with van der Waals surface area (Å²) in [6.45, 7) is 6.06. The fraction of sp³-hybridized carbons (Fsp3) is 0.375. The summed E-state index contributed by atoms with van der Waals surface area (Å²) >= 11 is 1.63. The number of fused-ring (bicyclic) bond motifs is 1. The molecule has 0 bridgehead atoms. The molecule has 3 heterocycles. The lowest BCUT2D eigenvalue weighted by molar-refractivity contribution is 0.425. The number of aromatic nitrogens is 3. The molecule has 3 rings (SSSR count). The third-order valence-electron chi connectivity index (χ3n) is 3.57. The molecule has 0 aliphatic heterocycles. The molecule has 5 nitrogen and oxygen atoms in total. The summed E-state index contributed by atoms with van der Waals surface area (Å²) in [5.41, 5.74) is 3.34. The van der Waals surface area contributed by atoms with E-state index >= 15 is 0 Å². The predicted molar refractivity (Wildman–Crippen MR) is 93.3 cm³/mol. The largest absolute Gasteiger partial charge is 0.369 e. The van der Waals surface area contributed by atoms with E-state index in [0.29, 0.717) is 0 Å². The molecule has 116 valence electrons. The molecule has 0 radical (unpaired) electrons. The molecular formula is C16H21N5S. The van der Waals surface area contributed by atoms with Crippen LogP contribution in [0.25, 0.3) is 15.5 Å². The van der Waals surface area contributed by atoms with Crippen LogP contribution in [-0.4, -0.2) is 46.6 Å². The van der Waals surface area contributed by atoms with Gasteiger partial charge in [-0.3, -0.25) is 4.57 Å². The maximum atomic E-state index is 4.71. The highest BCUT2D eigenvalue weighted by molar-refractivity contribution is 7.20. The number of likely N-dealkylation sites (N-methyl/N-ethyl adjacent to an activating group) is 1. The molecule has 3 aromatic rings. The summed E-state index contributed by atoms with van der Waals surface area (Å²) in [5, 5.41) is 4.33. The van der Waals surface area contributed by atoms with E-state index in [1.165, 1.54) is 11.4 Å². The summed E-state index contributed by atoms with van der Waals surface area (Å²) < 4.78 is 2.17. The first kappa shape index (κ1) is 15.0. The summed E-state index contributed by atoms with van der Waals surface area (Å²) in [5.74, 6) is 0.908. The minimum absolute atomic E-state index is 0.882. The number of hydrogen-bond donors (Lipinski definition) is 1. The zero-order valence-electron chi connectivity index (χ0n) is 13.4. The van der Waals surface area contributed by atoms with Crippen molar-refractivity contribution in [3.05, 3.63) is 35.7 Å². The van der Waals surface area contributed by atoms with Gasteiger partial charge in [0.05, 0.1) is 0 Å². The van der Waals surface area contributed by atoms with Crippen LogP contribution in [0.1, 0.15) is 11.4 Å². The van der Waals surface area contributed by atoms with Crippen molar-refractivity contribution in [1.82, 2.24) is 19.4 Å². The zero-order chi connectivity index (χ0) is 15.7. The maximum Gasteiger partial charge on any atom is 0.196 e. The Morgan fingerprint density at radius 2 is 1.82 bits per heavy atom. The molecule has 0 aromatic carbocycles. The molecule has 0 saturated heterocycles. The van der Waals surface area contributed by atoms with Gasteiger partial charge in [-0.05, 0) is 52.2 Å². The number of rotatable bonds is 5. The maximum absolute atomic E-state index is 4.71. The average Bonchev–Trinajstić information content (AvgIpc) is 3.01. The van der Waals surface area contributed by atoms with Crippen LogP contribution in [0.4, 0.5) is 5.82 Å². The van der Waals surface area contributed by atoms with Crippen LogP contribution in [0.15, 0.2) is 24.3 Å². The Labute approximate surface area is 134 Å². The second-order valence-corrected chi connectivity index (χ2v) is 6.65. The first-order valence-corrected chi connectivity index (χ1v) is 8.18. The van der Waals surface area contributed by atoms with Crippen LogP contribution in [0.2, 0.25) is 0 Å². The Hall–Kier alpha value is -1.92. The minimum Gasteiger partial charge on any atom is -0.369 e. The number of nitrogens with zero attached hydrogens (tertiary/aromatic N) is 4. The fourth-order valence-corrected chi connectivity index (χ4v) is 3.44. The van der Waals surface area contributed by atoms with Gasteiger partial charge in [-0.1, -0.05) is 11.3 Å². The van der Waals surface area contributed by atoms with E-state index in [0.717, 1.165) is 34.4 Å². The van der Waals surface area contributed by atoms with Gasteiger partial charge in [0, 0.05) is 24.5 Å². The molecule has 3 aromatic heterocycles. The Balaban J connectivity index is 1.87. The summed E-state index contributed by atoms with van der Waals surface area (Å²) in [4.78, 5) is 12.5. The lowest BCUT2D eigenvalue weighted by Crippen LogP contribution is -2.21. The highest BCUT2D eigenvalue weighted by atomic mass is 32.1. The molecule has 0 aliphatic rings. The lowest BCUT2D eigenvalue weighted by Gasteiger charge is -2.10. The van der Waals surface area contributed by atoms with E-state index in [4.69, 9.17) is 4.98 Å².